The van der Waals surface area contributed by atoms with Crippen LogP contribution >= 0.6 is 0 Å². The minimum atomic E-state index is 0.198. The Balaban J connectivity index is 1.81. The Hall–Kier alpha value is -1.16. The van der Waals surface area contributed by atoms with Gasteiger partial charge in [0.2, 0.25) is 0 Å². The SMILES string of the molecule is COCOC/C(C)=C/[C@H]1O[C@@H]1c1ccccc1. The number of hydrogen-bond donors (Lipinski definition) is 0. The summed E-state index contributed by atoms with van der Waals surface area (Å²) in [6.45, 7) is 2.97. The van der Waals surface area contributed by atoms with E-state index < -0.39 is 0 Å². The van der Waals surface area contributed by atoms with Gasteiger partial charge in [-0.15, -0.1) is 0 Å². The molecule has 92 valence electrons. The van der Waals surface area contributed by atoms with Gasteiger partial charge in [0, 0.05) is 7.11 Å². The van der Waals surface area contributed by atoms with E-state index in [9.17, 15) is 0 Å². The van der Waals surface area contributed by atoms with E-state index >= 15 is 0 Å². The van der Waals surface area contributed by atoms with Crippen molar-refractivity contribution in [3.8, 4) is 0 Å². The first-order valence-electron chi connectivity index (χ1n) is 5.75. The zero-order chi connectivity index (χ0) is 12.1. The largest absolute Gasteiger partial charge is 0.360 e. The Bertz CT molecular complexity index is 372. The van der Waals surface area contributed by atoms with Gasteiger partial charge in [-0.1, -0.05) is 36.4 Å². The molecule has 0 unspecified atom stereocenters. The average Bonchev–Trinajstić information content (AvgIpc) is 3.10. The molecule has 1 aromatic carbocycles. The molecule has 1 aliphatic rings. The Morgan fingerprint density at radius 2 is 2.12 bits per heavy atom. The van der Waals surface area contributed by atoms with E-state index in [4.69, 9.17) is 14.2 Å². The summed E-state index contributed by atoms with van der Waals surface area (Å²) in [5, 5.41) is 0. The summed E-state index contributed by atoms with van der Waals surface area (Å²) < 4.78 is 15.7. The van der Waals surface area contributed by atoms with Crippen molar-refractivity contribution in [3.63, 3.8) is 0 Å². The minimum absolute atomic E-state index is 0.198. The lowest BCUT2D eigenvalue weighted by molar-refractivity contribution is -0.0211. The molecule has 3 nitrogen and oxygen atoms in total. The van der Waals surface area contributed by atoms with Gasteiger partial charge >= 0.3 is 0 Å². The summed E-state index contributed by atoms with van der Waals surface area (Å²) in [6, 6.07) is 10.3. The third-order valence-corrected chi connectivity index (χ3v) is 2.63. The maximum absolute atomic E-state index is 5.62. The summed E-state index contributed by atoms with van der Waals surface area (Å²) in [5.74, 6) is 0. The maximum Gasteiger partial charge on any atom is 0.146 e. The molecule has 0 radical (unpaired) electrons. The minimum Gasteiger partial charge on any atom is -0.360 e. The van der Waals surface area contributed by atoms with Crippen molar-refractivity contribution in [2.45, 2.75) is 19.1 Å². The molecule has 0 aliphatic carbocycles. The molecule has 0 bridgehead atoms. The molecule has 2 atom stereocenters. The van der Waals surface area contributed by atoms with Crippen LogP contribution in [0.15, 0.2) is 42.0 Å². The predicted octanol–water partition coefficient (Wildman–Crippen LogP) is 2.69. The van der Waals surface area contributed by atoms with Crippen molar-refractivity contribution in [2.75, 3.05) is 20.5 Å². The highest BCUT2D eigenvalue weighted by Gasteiger charge is 2.38. The van der Waals surface area contributed by atoms with E-state index in [-0.39, 0.29) is 12.2 Å². The van der Waals surface area contributed by atoms with Crippen molar-refractivity contribution in [3.05, 3.63) is 47.5 Å². The molecule has 0 spiro atoms. The van der Waals surface area contributed by atoms with Crippen molar-refractivity contribution >= 4 is 0 Å². The third-order valence-electron chi connectivity index (χ3n) is 2.63. The lowest BCUT2D eigenvalue weighted by Gasteiger charge is -2.01. The highest BCUT2D eigenvalue weighted by molar-refractivity contribution is 5.25. The zero-order valence-electron chi connectivity index (χ0n) is 10.3. The van der Waals surface area contributed by atoms with Gasteiger partial charge < -0.3 is 14.2 Å². The number of benzene rings is 1. The molecular formula is C14H18O3. The second-order valence-corrected chi connectivity index (χ2v) is 4.20. The highest BCUT2D eigenvalue weighted by atomic mass is 16.7. The van der Waals surface area contributed by atoms with Crippen molar-refractivity contribution in [1.29, 1.82) is 0 Å². The van der Waals surface area contributed by atoms with Gasteiger partial charge in [0.1, 0.15) is 19.0 Å². The number of epoxide rings is 1. The van der Waals surface area contributed by atoms with Crippen LogP contribution in [0, 0.1) is 0 Å². The summed E-state index contributed by atoms with van der Waals surface area (Å²) in [7, 11) is 1.62. The third kappa shape index (κ3) is 3.66. The van der Waals surface area contributed by atoms with Crippen molar-refractivity contribution in [1.82, 2.24) is 0 Å². The number of ether oxygens (including phenoxy) is 3. The van der Waals surface area contributed by atoms with Gasteiger partial charge in [-0.3, -0.25) is 0 Å². The number of methoxy groups -OCH3 is 1. The van der Waals surface area contributed by atoms with E-state index in [1.165, 1.54) is 11.1 Å². The average molecular weight is 234 g/mol. The fourth-order valence-corrected chi connectivity index (χ4v) is 1.78. The molecule has 17 heavy (non-hydrogen) atoms. The second-order valence-electron chi connectivity index (χ2n) is 4.20. The topological polar surface area (TPSA) is 31.0 Å². The van der Waals surface area contributed by atoms with Crippen LogP contribution in [0.4, 0.5) is 0 Å². The van der Waals surface area contributed by atoms with E-state index in [0.717, 1.165) is 0 Å². The number of hydrogen-bond acceptors (Lipinski definition) is 3. The molecule has 1 fully saturated rings. The predicted molar refractivity (Wildman–Crippen MR) is 65.6 cm³/mol. The highest BCUT2D eigenvalue weighted by Crippen LogP contribution is 2.39. The molecule has 0 aromatic heterocycles. The molecule has 2 rings (SSSR count). The van der Waals surface area contributed by atoms with E-state index in [0.29, 0.717) is 13.4 Å². The van der Waals surface area contributed by atoms with Gasteiger partial charge in [-0.05, 0) is 18.1 Å². The molecule has 0 N–H and O–H groups in total. The van der Waals surface area contributed by atoms with Crippen LogP contribution in [0.3, 0.4) is 0 Å². The molecule has 1 aliphatic heterocycles. The quantitative estimate of drug-likeness (QED) is 0.328. The monoisotopic (exact) mass is 234 g/mol. The number of rotatable bonds is 6. The van der Waals surface area contributed by atoms with Crippen LogP contribution in [0.2, 0.25) is 0 Å². The van der Waals surface area contributed by atoms with E-state index in [1.54, 1.807) is 7.11 Å². The van der Waals surface area contributed by atoms with Gasteiger partial charge in [0.05, 0.1) is 6.61 Å². The maximum atomic E-state index is 5.62. The van der Waals surface area contributed by atoms with Crippen molar-refractivity contribution in [2.24, 2.45) is 0 Å². The van der Waals surface area contributed by atoms with Gasteiger partial charge in [0.25, 0.3) is 0 Å². The lowest BCUT2D eigenvalue weighted by Crippen LogP contribution is -2.00. The zero-order valence-corrected chi connectivity index (χ0v) is 10.3. The van der Waals surface area contributed by atoms with E-state index in [1.807, 2.05) is 25.1 Å². The Morgan fingerprint density at radius 3 is 2.82 bits per heavy atom. The van der Waals surface area contributed by atoms with Gasteiger partial charge in [-0.2, -0.15) is 0 Å². The van der Waals surface area contributed by atoms with Crippen LogP contribution in [-0.4, -0.2) is 26.6 Å². The smallest absolute Gasteiger partial charge is 0.146 e. The Kier molecular flexibility index (Phi) is 4.31. The lowest BCUT2D eigenvalue weighted by atomic mass is 10.1. The second kappa shape index (κ2) is 5.96. The van der Waals surface area contributed by atoms with Crippen LogP contribution < -0.4 is 0 Å². The van der Waals surface area contributed by atoms with Crippen LogP contribution in [0.25, 0.3) is 0 Å². The fourth-order valence-electron chi connectivity index (χ4n) is 1.78. The Morgan fingerprint density at radius 1 is 1.35 bits per heavy atom. The molecular weight excluding hydrogens is 216 g/mol. The summed E-state index contributed by atoms with van der Waals surface area (Å²) in [4.78, 5) is 0. The standard InChI is InChI=1S/C14H18O3/c1-11(9-16-10-15-2)8-13-14(17-13)12-6-4-3-5-7-12/h3-8,13-14H,9-10H2,1-2H3/b11-8+/t13-,14-/m1/s1. The molecule has 1 saturated heterocycles. The van der Waals surface area contributed by atoms with Gasteiger partial charge in [-0.25, -0.2) is 0 Å². The first kappa shape index (κ1) is 12.3. The van der Waals surface area contributed by atoms with Crippen molar-refractivity contribution < 1.29 is 14.2 Å². The normalized spacial score (nSPS) is 23.8. The van der Waals surface area contributed by atoms with E-state index in [2.05, 4.69) is 18.2 Å². The summed E-state index contributed by atoms with van der Waals surface area (Å²) in [6.07, 6.45) is 2.53. The molecule has 0 saturated carbocycles. The van der Waals surface area contributed by atoms with Gasteiger partial charge in [0.15, 0.2) is 0 Å². The summed E-state index contributed by atoms with van der Waals surface area (Å²) in [5.41, 5.74) is 2.41. The van der Waals surface area contributed by atoms with Crippen LogP contribution in [-0.2, 0) is 14.2 Å². The first-order valence-corrected chi connectivity index (χ1v) is 5.75. The molecule has 1 heterocycles. The fraction of sp³-hybridized carbons (Fsp3) is 0.429. The van der Waals surface area contributed by atoms with Crippen LogP contribution in [0.5, 0.6) is 0 Å². The molecule has 0 amide bonds. The molecule has 1 aromatic rings. The molecule has 3 heteroatoms. The first-order chi connectivity index (χ1) is 8.31. The summed E-state index contributed by atoms with van der Waals surface area (Å²) >= 11 is 0. The van der Waals surface area contributed by atoms with Crippen LogP contribution in [0.1, 0.15) is 18.6 Å². The Labute approximate surface area is 102 Å².